The minimum Gasteiger partial charge on any atom is -0.492 e. The highest BCUT2D eigenvalue weighted by atomic mass is 35.5. The summed E-state index contributed by atoms with van der Waals surface area (Å²) in [5, 5.41) is 0.715. The third-order valence-corrected chi connectivity index (χ3v) is 5.93. The summed E-state index contributed by atoms with van der Waals surface area (Å²) < 4.78 is 5.99. The molecular weight excluding hydrogens is 410 g/mol. The van der Waals surface area contributed by atoms with Crippen molar-refractivity contribution in [2.75, 3.05) is 46.4 Å². The first-order chi connectivity index (χ1) is 15.0. The van der Waals surface area contributed by atoms with E-state index in [0.717, 1.165) is 66.9 Å². The highest BCUT2D eigenvalue weighted by molar-refractivity contribution is 6.30. The van der Waals surface area contributed by atoms with Gasteiger partial charge in [0.2, 0.25) is 0 Å². The number of aromatic nitrogens is 3. The molecule has 1 unspecified atom stereocenters. The van der Waals surface area contributed by atoms with Gasteiger partial charge in [-0.15, -0.1) is 0 Å². The van der Waals surface area contributed by atoms with Crippen molar-refractivity contribution in [3.63, 3.8) is 0 Å². The van der Waals surface area contributed by atoms with Crippen molar-refractivity contribution < 1.29 is 4.74 Å². The van der Waals surface area contributed by atoms with Crippen LogP contribution < -0.4 is 4.74 Å². The van der Waals surface area contributed by atoms with Gasteiger partial charge in [-0.3, -0.25) is 0 Å². The highest BCUT2D eigenvalue weighted by Gasteiger charge is 2.17. The molecule has 1 aliphatic rings. The summed E-state index contributed by atoms with van der Waals surface area (Å²) in [6, 6.07) is 11.6. The summed E-state index contributed by atoms with van der Waals surface area (Å²) >= 11 is 6.00. The van der Waals surface area contributed by atoms with Gasteiger partial charge in [0.25, 0.3) is 0 Å². The number of aromatic amines is 1. The Balaban J connectivity index is 1.34. The number of hydrogen-bond donors (Lipinski definition) is 1. The zero-order chi connectivity index (χ0) is 21.8. The number of aryl methyl sites for hydroxylation is 1. The molecule has 0 bridgehead atoms. The Bertz CT molecular complexity index is 978. The molecule has 0 saturated carbocycles. The van der Waals surface area contributed by atoms with E-state index < -0.39 is 0 Å². The second kappa shape index (κ2) is 9.81. The van der Waals surface area contributed by atoms with E-state index >= 15 is 0 Å². The van der Waals surface area contributed by atoms with E-state index in [1.54, 1.807) is 6.20 Å². The number of imidazole rings is 1. The van der Waals surface area contributed by atoms with Gasteiger partial charge in [0.05, 0.1) is 18.5 Å². The number of rotatable bonds is 7. The monoisotopic (exact) mass is 439 g/mol. The second-order valence-electron chi connectivity index (χ2n) is 8.47. The van der Waals surface area contributed by atoms with E-state index in [1.165, 1.54) is 0 Å². The first kappa shape index (κ1) is 21.8. The second-order valence-corrected chi connectivity index (χ2v) is 8.90. The van der Waals surface area contributed by atoms with Crippen molar-refractivity contribution in [3.8, 4) is 28.5 Å². The number of nitrogens with zero attached hydrogens (tertiary/aromatic N) is 4. The molecule has 3 aromatic rings. The zero-order valence-electron chi connectivity index (χ0n) is 18.4. The molecule has 1 fully saturated rings. The average Bonchev–Trinajstić information content (AvgIpc) is 3.16. The van der Waals surface area contributed by atoms with Crippen LogP contribution in [0.15, 0.2) is 42.6 Å². The van der Waals surface area contributed by atoms with E-state index in [0.29, 0.717) is 17.5 Å². The highest BCUT2D eigenvalue weighted by Crippen LogP contribution is 2.26. The fourth-order valence-electron chi connectivity index (χ4n) is 3.84. The molecule has 164 valence electrons. The molecule has 1 atom stereocenters. The summed E-state index contributed by atoms with van der Waals surface area (Å²) in [7, 11) is 2.18. The number of H-pyrrole nitrogens is 1. The van der Waals surface area contributed by atoms with Gasteiger partial charge in [0.1, 0.15) is 11.4 Å². The Morgan fingerprint density at radius 2 is 1.84 bits per heavy atom. The molecule has 0 radical (unpaired) electrons. The first-order valence-electron chi connectivity index (χ1n) is 10.8. The summed E-state index contributed by atoms with van der Waals surface area (Å²) in [6.07, 6.45) is 1.78. The standard InChI is InChI=1S/C24H30ClN5O/c1-17(15-30-12-10-29(3)11-13-30)16-31-21-8-9-22(26-14-21)24-27-18(2)23(28-24)19-4-6-20(25)7-5-19/h4-9,14,17H,10-13,15-16H2,1-3H3,(H,27,28). The molecule has 1 saturated heterocycles. The van der Waals surface area contributed by atoms with Crippen LogP contribution in [0.2, 0.25) is 5.02 Å². The van der Waals surface area contributed by atoms with Crippen LogP contribution in [0.5, 0.6) is 5.75 Å². The van der Waals surface area contributed by atoms with Gasteiger partial charge >= 0.3 is 0 Å². The zero-order valence-corrected chi connectivity index (χ0v) is 19.2. The van der Waals surface area contributed by atoms with Crippen molar-refractivity contribution in [2.45, 2.75) is 13.8 Å². The Morgan fingerprint density at radius 1 is 1.10 bits per heavy atom. The molecule has 2 aromatic heterocycles. The molecule has 7 heteroatoms. The third-order valence-electron chi connectivity index (χ3n) is 5.68. The third kappa shape index (κ3) is 5.64. The quantitative estimate of drug-likeness (QED) is 0.592. The molecule has 1 aliphatic heterocycles. The van der Waals surface area contributed by atoms with Crippen LogP contribution in [0.4, 0.5) is 0 Å². The van der Waals surface area contributed by atoms with Gasteiger partial charge < -0.3 is 19.5 Å². The van der Waals surface area contributed by atoms with Crippen molar-refractivity contribution >= 4 is 11.6 Å². The van der Waals surface area contributed by atoms with Crippen molar-refractivity contribution in [1.29, 1.82) is 0 Å². The predicted octanol–water partition coefficient (Wildman–Crippen LogP) is 4.36. The number of hydrogen-bond acceptors (Lipinski definition) is 5. The van der Waals surface area contributed by atoms with E-state index in [1.807, 2.05) is 43.3 Å². The van der Waals surface area contributed by atoms with Crippen LogP contribution >= 0.6 is 11.6 Å². The smallest absolute Gasteiger partial charge is 0.156 e. The van der Waals surface area contributed by atoms with Crippen LogP contribution in [0.3, 0.4) is 0 Å². The number of pyridine rings is 1. The lowest BCUT2D eigenvalue weighted by Gasteiger charge is -2.33. The number of benzene rings is 1. The minimum atomic E-state index is 0.470. The van der Waals surface area contributed by atoms with Crippen molar-refractivity contribution in [3.05, 3.63) is 53.3 Å². The predicted molar refractivity (Wildman–Crippen MR) is 126 cm³/mol. The summed E-state index contributed by atoms with van der Waals surface area (Å²) in [4.78, 5) is 17.5. The molecule has 0 aliphatic carbocycles. The van der Waals surface area contributed by atoms with Crippen LogP contribution in [0.1, 0.15) is 12.6 Å². The van der Waals surface area contributed by atoms with Gasteiger partial charge in [0.15, 0.2) is 5.82 Å². The average molecular weight is 440 g/mol. The van der Waals surface area contributed by atoms with Gasteiger partial charge in [-0.1, -0.05) is 30.7 Å². The van der Waals surface area contributed by atoms with Crippen molar-refractivity contribution in [2.24, 2.45) is 5.92 Å². The lowest BCUT2D eigenvalue weighted by Crippen LogP contribution is -2.46. The molecular formula is C24H30ClN5O. The largest absolute Gasteiger partial charge is 0.492 e. The number of nitrogens with one attached hydrogen (secondary N) is 1. The Kier molecular flexibility index (Phi) is 6.90. The Labute approximate surface area is 189 Å². The number of ether oxygens (including phenoxy) is 1. The van der Waals surface area contributed by atoms with Gasteiger partial charge in [-0.25, -0.2) is 9.97 Å². The molecule has 0 amide bonds. The molecule has 4 rings (SSSR count). The topological polar surface area (TPSA) is 57.3 Å². The number of piperazine rings is 1. The molecule has 1 N–H and O–H groups in total. The van der Waals surface area contributed by atoms with Gasteiger partial charge in [-0.2, -0.15) is 0 Å². The fourth-order valence-corrected chi connectivity index (χ4v) is 3.96. The van der Waals surface area contributed by atoms with E-state index in [9.17, 15) is 0 Å². The van der Waals surface area contributed by atoms with Crippen LogP contribution in [-0.2, 0) is 0 Å². The normalized spacial score (nSPS) is 16.4. The van der Waals surface area contributed by atoms with E-state index in [-0.39, 0.29) is 0 Å². The lowest BCUT2D eigenvalue weighted by molar-refractivity contribution is 0.123. The van der Waals surface area contributed by atoms with Crippen LogP contribution in [0.25, 0.3) is 22.8 Å². The Hall–Kier alpha value is -2.41. The SMILES string of the molecule is Cc1[nH]c(-c2ccc(OCC(C)CN3CCN(C)CC3)cn2)nc1-c1ccc(Cl)cc1. The lowest BCUT2D eigenvalue weighted by atomic mass is 10.1. The van der Waals surface area contributed by atoms with Gasteiger partial charge in [0, 0.05) is 54.9 Å². The molecule has 31 heavy (non-hydrogen) atoms. The molecule has 3 heterocycles. The molecule has 0 spiro atoms. The molecule has 6 nitrogen and oxygen atoms in total. The summed E-state index contributed by atoms with van der Waals surface area (Å²) in [6.45, 7) is 10.6. The Morgan fingerprint density at radius 3 is 2.52 bits per heavy atom. The summed E-state index contributed by atoms with van der Waals surface area (Å²) in [5.74, 6) is 2.00. The van der Waals surface area contributed by atoms with Crippen LogP contribution in [0, 0.1) is 12.8 Å². The fraction of sp³-hybridized carbons (Fsp3) is 0.417. The number of likely N-dealkylation sites (N-methyl/N-ethyl adjacent to an activating group) is 1. The minimum absolute atomic E-state index is 0.470. The van der Waals surface area contributed by atoms with E-state index in [4.69, 9.17) is 21.3 Å². The van der Waals surface area contributed by atoms with Crippen molar-refractivity contribution in [1.82, 2.24) is 24.8 Å². The maximum atomic E-state index is 6.00. The maximum Gasteiger partial charge on any atom is 0.156 e. The van der Waals surface area contributed by atoms with E-state index in [2.05, 4.69) is 33.7 Å². The van der Waals surface area contributed by atoms with Crippen LogP contribution in [-0.4, -0.2) is 71.1 Å². The number of halogens is 1. The van der Waals surface area contributed by atoms with Gasteiger partial charge in [-0.05, 0) is 38.2 Å². The molecule has 1 aromatic carbocycles. The maximum absolute atomic E-state index is 6.00. The summed E-state index contributed by atoms with van der Waals surface area (Å²) in [5.41, 5.74) is 3.73. The first-order valence-corrected chi connectivity index (χ1v) is 11.2.